The summed E-state index contributed by atoms with van der Waals surface area (Å²) < 4.78 is 45.1. The van der Waals surface area contributed by atoms with Crippen LogP contribution in [0.3, 0.4) is 0 Å². The van der Waals surface area contributed by atoms with E-state index < -0.39 is 45.5 Å². The molecule has 2 aromatic carbocycles. The van der Waals surface area contributed by atoms with Gasteiger partial charge in [-0.25, -0.2) is 13.6 Å². The van der Waals surface area contributed by atoms with Crippen molar-refractivity contribution in [2.24, 2.45) is 0 Å². The number of anilines is 1. The number of nitro groups is 1. The Morgan fingerprint density at radius 1 is 1.08 bits per heavy atom. The van der Waals surface area contributed by atoms with Crippen molar-refractivity contribution in [2.75, 3.05) is 12.4 Å². The monoisotopic (exact) mass is 354 g/mol. The van der Waals surface area contributed by atoms with Crippen molar-refractivity contribution in [3.8, 4) is 0 Å². The number of nitro benzene ring substituents is 1. The summed E-state index contributed by atoms with van der Waals surface area (Å²) in [6.07, 6.45) is 0. The van der Waals surface area contributed by atoms with Crippen LogP contribution < -0.4 is 5.32 Å². The summed E-state index contributed by atoms with van der Waals surface area (Å²) in [4.78, 5) is 33.1. The molecule has 10 heteroatoms. The van der Waals surface area contributed by atoms with Gasteiger partial charge in [0, 0.05) is 6.07 Å². The summed E-state index contributed by atoms with van der Waals surface area (Å²) in [7, 11) is 1.10. The summed E-state index contributed by atoms with van der Waals surface area (Å²) in [5, 5.41) is 12.8. The Balaban J connectivity index is 2.47. The van der Waals surface area contributed by atoms with Crippen LogP contribution in [0.2, 0.25) is 0 Å². The Kier molecular flexibility index (Phi) is 5.01. The predicted molar refractivity (Wildman–Crippen MR) is 78.7 cm³/mol. The lowest BCUT2D eigenvalue weighted by molar-refractivity contribution is -0.387. The highest BCUT2D eigenvalue weighted by Crippen LogP contribution is 2.26. The lowest BCUT2D eigenvalue weighted by Crippen LogP contribution is -2.18. The largest absolute Gasteiger partial charge is 0.465 e. The van der Waals surface area contributed by atoms with Crippen molar-refractivity contribution in [2.45, 2.75) is 0 Å². The van der Waals surface area contributed by atoms with Gasteiger partial charge < -0.3 is 10.1 Å². The van der Waals surface area contributed by atoms with Crippen LogP contribution in [0.1, 0.15) is 20.7 Å². The summed E-state index contributed by atoms with van der Waals surface area (Å²) in [5.74, 6) is -8.19. The average molecular weight is 354 g/mol. The van der Waals surface area contributed by atoms with E-state index in [0.717, 1.165) is 7.11 Å². The lowest BCUT2D eigenvalue weighted by atomic mass is 10.1. The molecule has 7 nitrogen and oxygen atoms in total. The number of nitrogens with zero attached hydrogens (tertiary/aromatic N) is 1. The van der Waals surface area contributed by atoms with Gasteiger partial charge >= 0.3 is 11.7 Å². The van der Waals surface area contributed by atoms with E-state index in [0.29, 0.717) is 0 Å². The van der Waals surface area contributed by atoms with Crippen LogP contribution in [-0.4, -0.2) is 23.9 Å². The Bertz CT molecular complexity index is 886. The van der Waals surface area contributed by atoms with E-state index >= 15 is 0 Å². The lowest BCUT2D eigenvalue weighted by Gasteiger charge is -2.10. The molecule has 0 aliphatic heterocycles. The first-order valence-corrected chi connectivity index (χ1v) is 6.58. The standard InChI is InChI=1S/C15H9F3N2O5/c1-25-15(22)7-4-2-3-5-9(7)19-14(21)8-6-10(20(23)24)12(17)13(18)11(8)16/h2-6H,1H3,(H,19,21). The molecular formula is C15H9F3N2O5. The number of amides is 1. The number of carbonyl (C=O) groups is 2. The van der Waals surface area contributed by atoms with E-state index in [2.05, 4.69) is 10.1 Å². The highest BCUT2D eigenvalue weighted by atomic mass is 19.2. The third-order valence-corrected chi connectivity index (χ3v) is 3.15. The molecule has 2 rings (SSSR count). The van der Waals surface area contributed by atoms with Crippen LogP contribution >= 0.6 is 0 Å². The molecule has 0 radical (unpaired) electrons. The first-order valence-electron chi connectivity index (χ1n) is 6.58. The van der Waals surface area contributed by atoms with Gasteiger partial charge in [-0.1, -0.05) is 12.1 Å². The van der Waals surface area contributed by atoms with Crippen molar-refractivity contribution in [1.29, 1.82) is 0 Å². The molecule has 0 fully saturated rings. The molecule has 0 aromatic heterocycles. The van der Waals surface area contributed by atoms with Crippen molar-refractivity contribution in [3.63, 3.8) is 0 Å². The molecule has 0 spiro atoms. The van der Waals surface area contributed by atoms with Crippen LogP contribution in [0.25, 0.3) is 0 Å². The Hall–Kier alpha value is -3.43. The number of methoxy groups -OCH3 is 1. The number of para-hydroxylation sites is 1. The molecule has 0 heterocycles. The molecule has 1 N–H and O–H groups in total. The number of benzene rings is 2. The minimum atomic E-state index is -2.15. The van der Waals surface area contributed by atoms with Gasteiger partial charge in [0.1, 0.15) is 0 Å². The number of nitrogens with one attached hydrogen (secondary N) is 1. The molecule has 1 amide bonds. The van der Waals surface area contributed by atoms with Crippen LogP contribution in [0.5, 0.6) is 0 Å². The fourth-order valence-corrected chi connectivity index (χ4v) is 1.96. The molecule has 2 aromatic rings. The van der Waals surface area contributed by atoms with Crippen LogP contribution in [0, 0.1) is 27.6 Å². The van der Waals surface area contributed by atoms with E-state index in [-0.39, 0.29) is 17.3 Å². The highest BCUT2D eigenvalue weighted by Gasteiger charge is 2.29. The van der Waals surface area contributed by atoms with Crippen molar-refractivity contribution >= 4 is 23.3 Å². The average Bonchev–Trinajstić information content (AvgIpc) is 2.59. The molecule has 0 atom stereocenters. The molecular weight excluding hydrogens is 345 g/mol. The molecule has 130 valence electrons. The zero-order chi connectivity index (χ0) is 18.7. The number of halogens is 3. The molecule has 0 aliphatic carbocycles. The number of hydrogen-bond acceptors (Lipinski definition) is 5. The number of hydrogen-bond donors (Lipinski definition) is 1. The third-order valence-electron chi connectivity index (χ3n) is 3.15. The summed E-state index contributed by atoms with van der Waals surface area (Å²) >= 11 is 0. The van der Waals surface area contributed by atoms with Crippen LogP contribution in [0.4, 0.5) is 24.5 Å². The minimum absolute atomic E-state index is 0.0872. The Labute approximate surface area is 138 Å². The fraction of sp³-hybridized carbons (Fsp3) is 0.0667. The molecule has 0 saturated heterocycles. The first kappa shape index (κ1) is 17.9. The van der Waals surface area contributed by atoms with Crippen molar-refractivity contribution in [1.82, 2.24) is 0 Å². The second kappa shape index (κ2) is 6.99. The maximum atomic E-state index is 13.8. The molecule has 0 saturated carbocycles. The molecule has 0 bridgehead atoms. The van der Waals surface area contributed by atoms with Gasteiger partial charge in [-0.05, 0) is 12.1 Å². The second-order valence-corrected chi connectivity index (χ2v) is 4.63. The van der Waals surface area contributed by atoms with Crippen molar-refractivity contribution in [3.05, 3.63) is 69.0 Å². The van der Waals surface area contributed by atoms with Gasteiger partial charge in [0.15, 0.2) is 5.82 Å². The van der Waals surface area contributed by atoms with E-state index in [1.807, 2.05) is 0 Å². The molecule has 0 unspecified atom stereocenters. The Morgan fingerprint density at radius 2 is 1.72 bits per heavy atom. The van der Waals surface area contributed by atoms with Crippen LogP contribution in [0.15, 0.2) is 30.3 Å². The normalized spacial score (nSPS) is 10.2. The fourth-order valence-electron chi connectivity index (χ4n) is 1.96. The summed E-state index contributed by atoms with van der Waals surface area (Å²) in [5.41, 5.74) is -2.68. The van der Waals surface area contributed by atoms with Crippen molar-refractivity contribution < 1.29 is 32.4 Å². The molecule has 25 heavy (non-hydrogen) atoms. The number of carbonyl (C=O) groups excluding carboxylic acids is 2. The highest BCUT2D eigenvalue weighted by molar-refractivity contribution is 6.08. The van der Waals surface area contributed by atoms with Gasteiger partial charge in [-0.15, -0.1) is 0 Å². The topological polar surface area (TPSA) is 98.5 Å². The van der Waals surface area contributed by atoms with Gasteiger partial charge in [0.25, 0.3) is 5.91 Å². The van der Waals surface area contributed by atoms with Crippen LogP contribution in [-0.2, 0) is 4.74 Å². The zero-order valence-corrected chi connectivity index (χ0v) is 12.5. The number of ether oxygens (including phenoxy) is 1. The quantitative estimate of drug-likeness (QED) is 0.394. The summed E-state index contributed by atoms with van der Waals surface area (Å²) in [6, 6.07) is 5.74. The van der Waals surface area contributed by atoms with Gasteiger partial charge in [0.05, 0.1) is 28.8 Å². The minimum Gasteiger partial charge on any atom is -0.465 e. The molecule has 0 aliphatic rings. The smallest absolute Gasteiger partial charge is 0.339 e. The van der Waals surface area contributed by atoms with Gasteiger partial charge in [-0.2, -0.15) is 4.39 Å². The zero-order valence-electron chi connectivity index (χ0n) is 12.5. The summed E-state index contributed by atoms with van der Waals surface area (Å²) in [6.45, 7) is 0. The van der Waals surface area contributed by atoms with Gasteiger partial charge in [-0.3, -0.25) is 14.9 Å². The third kappa shape index (κ3) is 3.42. The van der Waals surface area contributed by atoms with E-state index in [1.165, 1.54) is 24.3 Å². The maximum Gasteiger partial charge on any atom is 0.339 e. The SMILES string of the molecule is COC(=O)c1ccccc1NC(=O)c1cc([N+](=O)[O-])c(F)c(F)c1F. The van der Waals surface area contributed by atoms with E-state index in [9.17, 15) is 32.9 Å². The first-order chi connectivity index (χ1) is 11.8. The Morgan fingerprint density at radius 3 is 2.32 bits per heavy atom. The van der Waals surface area contributed by atoms with E-state index in [1.54, 1.807) is 0 Å². The number of rotatable bonds is 4. The van der Waals surface area contributed by atoms with Gasteiger partial charge in [0.2, 0.25) is 11.6 Å². The van der Waals surface area contributed by atoms with E-state index in [4.69, 9.17) is 0 Å². The maximum absolute atomic E-state index is 13.8. The number of esters is 1. The predicted octanol–water partition coefficient (Wildman–Crippen LogP) is 3.05. The second-order valence-electron chi connectivity index (χ2n) is 4.63.